The van der Waals surface area contributed by atoms with Crippen molar-refractivity contribution in [2.45, 2.75) is 32.1 Å². The minimum absolute atomic E-state index is 0.546. The van der Waals surface area contributed by atoms with Crippen molar-refractivity contribution in [3.05, 3.63) is 33.9 Å². The Morgan fingerprint density at radius 1 is 1.24 bits per heavy atom. The molecule has 0 atom stereocenters. The monoisotopic (exact) mass is 323 g/mol. The van der Waals surface area contributed by atoms with E-state index in [4.69, 9.17) is 28.9 Å². The SMILES string of the molecule is Cn1nc(CC2CCCC2)c(-c2ccc(Cl)c(Cl)c2)c1N. The highest BCUT2D eigenvalue weighted by Crippen LogP contribution is 2.36. The molecule has 1 aliphatic rings. The zero-order valence-corrected chi connectivity index (χ0v) is 13.6. The van der Waals surface area contributed by atoms with Crippen molar-refractivity contribution < 1.29 is 0 Å². The molecule has 0 saturated heterocycles. The first-order valence-electron chi connectivity index (χ1n) is 7.33. The first-order chi connectivity index (χ1) is 10.1. The quantitative estimate of drug-likeness (QED) is 0.888. The van der Waals surface area contributed by atoms with E-state index in [0.717, 1.165) is 29.2 Å². The molecule has 1 fully saturated rings. The van der Waals surface area contributed by atoms with Gasteiger partial charge in [-0.25, -0.2) is 0 Å². The summed E-state index contributed by atoms with van der Waals surface area (Å²) in [5.41, 5.74) is 9.28. The fourth-order valence-corrected chi connectivity index (χ4v) is 3.49. The first kappa shape index (κ1) is 14.7. The predicted octanol–water partition coefficient (Wildman–Crippen LogP) is 4.71. The van der Waals surface area contributed by atoms with Gasteiger partial charge in [-0.1, -0.05) is 55.0 Å². The van der Waals surface area contributed by atoms with Crippen molar-refractivity contribution >= 4 is 29.0 Å². The number of aryl methyl sites for hydroxylation is 1. The molecule has 1 heterocycles. The molecular weight excluding hydrogens is 305 g/mol. The second kappa shape index (κ2) is 5.90. The topological polar surface area (TPSA) is 43.8 Å². The fourth-order valence-electron chi connectivity index (χ4n) is 3.19. The minimum Gasteiger partial charge on any atom is -0.383 e. The summed E-state index contributed by atoms with van der Waals surface area (Å²) >= 11 is 12.2. The number of nitrogens with two attached hydrogens (primary N) is 1. The molecule has 112 valence electrons. The summed E-state index contributed by atoms with van der Waals surface area (Å²) in [7, 11) is 1.88. The molecule has 21 heavy (non-hydrogen) atoms. The number of nitrogens with zero attached hydrogens (tertiary/aromatic N) is 2. The van der Waals surface area contributed by atoms with E-state index >= 15 is 0 Å². The van der Waals surface area contributed by atoms with E-state index in [2.05, 4.69) is 5.10 Å². The van der Waals surface area contributed by atoms with Crippen LogP contribution in [-0.2, 0) is 13.5 Å². The first-order valence-corrected chi connectivity index (χ1v) is 8.08. The lowest BCUT2D eigenvalue weighted by Crippen LogP contribution is -2.01. The summed E-state index contributed by atoms with van der Waals surface area (Å²) in [6, 6.07) is 5.64. The van der Waals surface area contributed by atoms with Crippen LogP contribution in [-0.4, -0.2) is 9.78 Å². The van der Waals surface area contributed by atoms with Crippen LogP contribution >= 0.6 is 23.2 Å². The standard InChI is InChI=1S/C16H19Cl2N3/c1-21-16(19)15(11-6-7-12(17)13(18)9-11)14(20-21)8-10-4-2-3-5-10/h6-7,9-10H,2-5,8,19H2,1H3. The molecule has 2 aromatic rings. The van der Waals surface area contributed by atoms with Crippen LogP contribution in [0.25, 0.3) is 11.1 Å². The van der Waals surface area contributed by atoms with Gasteiger partial charge in [-0.3, -0.25) is 4.68 Å². The molecule has 0 aliphatic heterocycles. The third-order valence-corrected chi connectivity index (χ3v) is 5.07. The van der Waals surface area contributed by atoms with Gasteiger partial charge in [0, 0.05) is 12.6 Å². The van der Waals surface area contributed by atoms with E-state index in [1.807, 2.05) is 25.2 Å². The van der Waals surface area contributed by atoms with Crippen molar-refractivity contribution in [3.63, 3.8) is 0 Å². The lowest BCUT2D eigenvalue weighted by atomic mass is 9.96. The summed E-state index contributed by atoms with van der Waals surface area (Å²) < 4.78 is 1.75. The van der Waals surface area contributed by atoms with Crippen molar-refractivity contribution in [2.24, 2.45) is 13.0 Å². The summed E-state index contributed by atoms with van der Waals surface area (Å²) in [6.07, 6.45) is 6.22. The van der Waals surface area contributed by atoms with Crippen LogP contribution in [0.3, 0.4) is 0 Å². The van der Waals surface area contributed by atoms with Gasteiger partial charge >= 0.3 is 0 Å². The maximum Gasteiger partial charge on any atom is 0.129 e. The lowest BCUT2D eigenvalue weighted by Gasteiger charge is -2.09. The molecule has 1 aromatic carbocycles. The van der Waals surface area contributed by atoms with Gasteiger partial charge in [0.15, 0.2) is 0 Å². The molecular formula is C16H19Cl2N3. The van der Waals surface area contributed by atoms with Crippen molar-refractivity contribution in [1.29, 1.82) is 0 Å². The maximum atomic E-state index is 6.22. The van der Waals surface area contributed by atoms with Crippen molar-refractivity contribution in [3.8, 4) is 11.1 Å². The van der Waals surface area contributed by atoms with Gasteiger partial charge in [-0.05, 0) is 30.0 Å². The number of nitrogen functional groups attached to an aromatic ring is 1. The fraction of sp³-hybridized carbons (Fsp3) is 0.438. The third kappa shape index (κ3) is 2.90. The van der Waals surface area contributed by atoms with Gasteiger partial charge in [0.25, 0.3) is 0 Å². The summed E-state index contributed by atoms with van der Waals surface area (Å²) in [4.78, 5) is 0. The number of anilines is 1. The Kier molecular flexibility index (Phi) is 4.14. The smallest absolute Gasteiger partial charge is 0.129 e. The molecule has 3 rings (SSSR count). The van der Waals surface area contributed by atoms with E-state index < -0.39 is 0 Å². The third-order valence-electron chi connectivity index (χ3n) is 4.33. The number of hydrogen-bond donors (Lipinski definition) is 1. The molecule has 1 aliphatic carbocycles. The summed E-state index contributed by atoms with van der Waals surface area (Å²) in [5, 5.41) is 5.72. The van der Waals surface area contributed by atoms with Crippen molar-refractivity contribution in [1.82, 2.24) is 9.78 Å². The maximum absolute atomic E-state index is 6.22. The molecule has 5 heteroatoms. The van der Waals surface area contributed by atoms with Crippen molar-refractivity contribution in [2.75, 3.05) is 5.73 Å². The normalized spacial score (nSPS) is 15.8. The highest BCUT2D eigenvalue weighted by atomic mass is 35.5. The number of aromatic nitrogens is 2. The minimum atomic E-state index is 0.546. The van der Waals surface area contributed by atoms with Gasteiger partial charge in [-0.15, -0.1) is 0 Å². The second-order valence-electron chi connectivity index (χ2n) is 5.81. The molecule has 0 spiro atoms. The molecule has 3 nitrogen and oxygen atoms in total. The summed E-state index contributed by atoms with van der Waals surface area (Å²) in [5.74, 6) is 1.40. The molecule has 1 saturated carbocycles. The van der Waals surface area contributed by atoms with Crippen LogP contribution in [0.5, 0.6) is 0 Å². The van der Waals surface area contributed by atoms with Crippen LogP contribution in [0.15, 0.2) is 18.2 Å². The van der Waals surface area contributed by atoms with Gasteiger partial charge in [0.2, 0.25) is 0 Å². The van der Waals surface area contributed by atoms with Crippen LogP contribution in [0.4, 0.5) is 5.82 Å². The Bertz CT molecular complexity index is 658. The van der Waals surface area contributed by atoms with Gasteiger partial charge in [0.1, 0.15) is 5.82 Å². The van der Waals surface area contributed by atoms with Gasteiger partial charge in [-0.2, -0.15) is 5.10 Å². The Balaban J connectivity index is 2.01. The Morgan fingerprint density at radius 2 is 1.95 bits per heavy atom. The zero-order chi connectivity index (χ0) is 15.0. The highest BCUT2D eigenvalue weighted by molar-refractivity contribution is 6.42. The number of rotatable bonds is 3. The van der Waals surface area contributed by atoms with Crippen LogP contribution in [0.1, 0.15) is 31.4 Å². The molecule has 0 bridgehead atoms. The van der Waals surface area contributed by atoms with Gasteiger partial charge < -0.3 is 5.73 Å². The summed E-state index contributed by atoms with van der Waals surface area (Å²) in [6.45, 7) is 0. The average molecular weight is 324 g/mol. The molecule has 0 amide bonds. The number of halogens is 2. The zero-order valence-electron chi connectivity index (χ0n) is 12.1. The van der Waals surface area contributed by atoms with E-state index in [9.17, 15) is 0 Å². The second-order valence-corrected chi connectivity index (χ2v) is 6.63. The Morgan fingerprint density at radius 3 is 2.62 bits per heavy atom. The predicted molar refractivity (Wildman–Crippen MR) is 88.7 cm³/mol. The van der Waals surface area contributed by atoms with Crippen LogP contribution in [0, 0.1) is 5.92 Å². The van der Waals surface area contributed by atoms with E-state index in [1.54, 1.807) is 4.68 Å². The van der Waals surface area contributed by atoms with E-state index in [1.165, 1.54) is 25.7 Å². The molecule has 0 radical (unpaired) electrons. The van der Waals surface area contributed by atoms with Gasteiger partial charge in [0.05, 0.1) is 15.7 Å². The Labute approximate surface area is 135 Å². The number of benzene rings is 1. The largest absolute Gasteiger partial charge is 0.383 e. The lowest BCUT2D eigenvalue weighted by molar-refractivity contribution is 0.534. The Hall–Kier alpha value is -1.19. The van der Waals surface area contributed by atoms with Crippen LogP contribution < -0.4 is 5.73 Å². The molecule has 0 unspecified atom stereocenters. The molecule has 1 aromatic heterocycles. The average Bonchev–Trinajstić information content (AvgIpc) is 3.04. The van der Waals surface area contributed by atoms with E-state index in [-0.39, 0.29) is 0 Å². The molecule has 2 N–H and O–H groups in total. The van der Waals surface area contributed by atoms with Crippen LogP contribution in [0.2, 0.25) is 10.0 Å². The highest BCUT2D eigenvalue weighted by Gasteiger charge is 2.22. The number of hydrogen-bond acceptors (Lipinski definition) is 2. The van der Waals surface area contributed by atoms with E-state index in [0.29, 0.717) is 15.9 Å².